The molecular weight excluding hydrogens is 236 g/mol. The average Bonchev–Trinajstić information content (AvgIpc) is 2.78. The molecular formula is C16H24N2O. The van der Waals surface area contributed by atoms with Crippen LogP contribution in [0.2, 0.25) is 0 Å². The zero-order chi connectivity index (χ0) is 14.0. The van der Waals surface area contributed by atoms with Gasteiger partial charge in [-0.25, -0.2) is 0 Å². The molecule has 104 valence electrons. The molecule has 0 aliphatic carbocycles. The summed E-state index contributed by atoms with van der Waals surface area (Å²) in [6.07, 6.45) is 1.89. The number of para-hydroxylation sites is 1. The zero-order valence-electron chi connectivity index (χ0n) is 12.3. The Labute approximate surface area is 115 Å². The van der Waals surface area contributed by atoms with Gasteiger partial charge >= 0.3 is 0 Å². The molecule has 0 saturated heterocycles. The molecule has 0 spiro atoms. The summed E-state index contributed by atoms with van der Waals surface area (Å²) in [6.45, 7) is 5.15. The molecule has 1 aromatic heterocycles. The predicted octanol–water partition coefficient (Wildman–Crippen LogP) is 3.27. The van der Waals surface area contributed by atoms with E-state index in [9.17, 15) is 0 Å². The van der Waals surface area contributed by atoms with Gasteiger partial charge in [-0.05, 0) is 38.5 Å². The van der Waals surface area contributed by atoms with E-state index in [1.807, 2.05) is 18.4 Å². The summed E-state index contributed by atoms with van der Waals surface area (Å²) in [7, 11) is 4.22. The third-order valence-corrected chi connectivity index (χ3v) is 3.92. The molecule has 3 heteroatoms. The van der Waals surface area contributed by atoms with Crippen LogP contribution in [0.1, 0.15) is 25.5 Å². The largest absolute Gasteiger partial charge is 0.464 e. The highest BCUT2D eigenvalue weighted by Gasteiger charge is 2.29. The van der Waals surface area contributed by atoms with Gasteiger partial charge in [0.2, 0.25) is 0 Å². The lowest BCUT2D eigenvalue weighted by Crippen LogP contribution is -2.35. The summed E-state index contributed by atoms with van der Waals surface area (Å²) in [5.41, 5.74) is 8.19. The van der Waals surface area contributed by atoms with Crippen molar-refractivity contribution < 1.29 is 4.42 Å². The van der Waals surface area contributed by atoms with Gasteiger partial charge in [0, 0.05) is 17.0 Å². The van der Waals surface area contributed by atoms with Gasteiger partial charge in [-0.15, -0.1) is 0 Å². The Morgan fingerprint density at radius 1 is 1.21 bits per heavy atom. The van der Waals surface area contributed by atoms with Crippen LogP contribution in [0, 0.1) is 11.8 Å². The third kappa shape index (κ3) is 2.67. The van der Waals surface area contributed by atoms with Gasteiger partial charge in [-0.3, -0.25) is 0 Å². The van der Waals surface area contributed by atoms with Crippen LogP contribution in [0.3, 0.4) is 0 Å². The number of furan rings is 1. The van der Waals surface area contributed by atoms with E-state index in [0.29, 0.717) is 18.4 Å². The molecule has 1 heterocycles. The molecule has 2 atom stereocenters. The highest BCUT2D eigenvalue weighted by Crippen LogP contribution is 2.36. The monoisotopic (exact) mass is 260 g/mol. The average molecular weight is 260 g/mol. The molecule has 0 aliphatic heterocycles. The lowest BCUT2D eigenvalue weighted by Gasteiger charge is -2.33. The Morgan fingerprint density at radius 2 is 1.89 bits per heavy atom. The Morgan fingerprint density at radius 3 is 2.47 bits per heavy atom. The van der Waals surface area contributed by atoms with E-state index in [2.05, 4.69) is 45.0 Å². The maximum Gasteiger partial charge on any atom is 0.134 e. The minimum absolute atomic E-state index is 0.286. The van der Waals surface area contributed by atoms with Crippen LogP contribution in [0.15, 0.2) is 34.9 Å². The standard InChI is InChI=1S/C16H24N2O/c1-11(2)13(9-17)16(18(3)4)14-10-19-15-8-6-5-7-12(14)15/h5-8,10-11,13,16H,9,17H2,1-4H3. The summed E-state index contributed by atoms with van der Waals surface area (Å²) < 4.78 is 5.69. The van der Waals surface area contributed by atoms with Crippen molar-refractivity contribution in [2.45, 2.75) is 19.9 Å². The Kier molecular flexibility index (Phi) is 4.27. The number of rotatable bonds is 5. The smallest absolute Gasteiger partial charge is 0.134 e. The van der Waals surface area contributed by atoms with Crippen molar-refractivity contribution >= 4 is 11.0 Å². The first kappa shape index (κ1) is 14.1. The fourth-order valence-corrected chi connectivity index (χ4v) is 2.88. The van der Waals surface area contributed by atoms with E-state index in [0.717, 1.165) is 5.58 Å². The quantitative estimate of drug-likeness (QED) is 0.897. The van der Waals surface area contributed by atoms with Gasteiger partial charge in [-0.2, -0.15) is 0 Å². The maximum atomic E-state index is 6.01. The van der Waals surface area contributed by atoms with Crippen molar-refractivity contribution in [2.24, 2.45) is 17.6 Å². The second kappa shape index (κ2) is 5.76. The van der Waals surface area contributed by atoms with Gasteiger partial charge in [0.25, 0.3) is 0 Å². The third-order valence-electron chi connectivity index (χ3n) is 3.92. The summed E-state index contributed by atoms with van der Waals surface area (Å²) in [5, 5.41) is 1.19. The van der Waals surface area contributed by atoms with E-state index >= 15 is 0 Å². The number of nitrogens with zero attached hydrogens (tertiary/aromatic N) is 1. The molecule has 0 aliphatic rings. The summed E-state index contributed by atoms with van der Waals surface area (Å²) in [4.78, 5) is 2.24. The van der Waals surface area contributed by atoms with E-state index < -0.39 is 0 Å². The van der Waals surface area contributed by atoms with Gasteiger partial charge in [-0.1, -0.05) is 32.0 Å². The van der Waals surface area contributed by atoms with Crippen molar-refractivity contribution in [3.05, 3.63) is 36.1 Å². The summed E-state index contributed by atoms with van der Waals surface area (Å²) in [6, 6.07) is 8.48. The molecule has 0 radical (unpaired) electrons. The highest BCUT2D eigenvalue weighted by molar-refractivity contribution is 5.81. The molecule has 2 unspecified atom stereocenters. The van der Waals surface area contributed by atoms with Crippen LogP contribution >= 0.6 is 0 Å². The van der Waals surface area contributed by atoms with E-state index in [4.69, 9.17) is 10.2 Å². The number of hydrogen-bond acceptors (Lipinski definition) is 3. The molecule has 1 aromatic carbocycles. The van der Waals surface area contributed by atoms with Crippen molar-refractivity contribution in [2.75, 3.05) is 20.6 Å². The molecule has 3 nitrogen and oxygen atoms in total. The topological polar surface area (TPSA) is 42.4 Å². The van der Waals surface area contributed by atoms with Crippen LogP contribution in [0.4, 0.5) is 0 Å². The van der Waals surface area contributed by atoms with Crippen LogP contribution < -0.4 is 5.73 Å². The first-order valence-electron chi connectivity index (χ1n) is 6.89. The van der Waals surface area contributed by atoms with Crippen molar-refractivity contribution in [1.82, 2.24) is 4.90 Å². The fourth-order valence-electron chi connectivity index (χ4n) is 2.88. The number of fused-ring (bicyclic) bond motifs is 1. The van der Waals surface area contributed by atoms with E-state index in [1.54, 1.807) is 0 Å². The minimum Gasteiger partial charge on any atom is -0.464 e. The maximum absolute atomic E-state index is 6.01. The Bertz CT molecular complexity index is 530. The van der Waals surface area contributed by atoms with Crippen LogP contribution in [-0.4, -0.2) is 25.5 Å². The lowest BCUT2D eigenvalue weighted by atomic mass is 9.84. The molecule has 0 amide bonds. The van der Waals surface area contributed by atoms with Gasteiger partial charge in [0.1, 0.15) is 5.58 Å². The van der Waals surface area contributed by atoms with Crippen molar-refractivity contribution in [3.63, 3.8) is 0 Å². The first-order valence-corrected chi connectivity index (χ1v) is 6.89. The minimum atomic E-state index is 0.286. The first-order chi connectivity index (χ1) is 9.06. The summed E-state index contributed by atoms with van der Waals surface area (Å²) >= 11 is 0. The van der Waals surface area contributed by atoms with Crippen molar-refractivity contribution in [3.8, 4) is 0 Å². The van der Waals surface area contributed by atoms with Crippen LogP contribution in [0.25, 0.3) is 11.0 Å². The Balaban J connectivity index is 2.50. The van der Waals surface area contributed by atoms with Crippen LogP contribution in [-0.2, 0) is 0 Å². The SMILES string of the molecule is CC(C)C(CN)C(c1coc2ccccc12)N(C)C. The molecule has 2 rings (SSSR count). The molecule has 2 N–H and O–H groups in total. The Hall–Kier alpha value is -1.32. The number of hydrogen-bond donors (Lipinski definition) is 1. The molecule has 19 heavy (non-hydrogen) atoms. The second-order valence-electron chi connectivity index (χ2n) is 5.74. The zero-order valence-corrected chi connectivity index (χ0v) is 12.3. The summed E-state index contributed by atoms with van der Waals surface area (Å²) in [5.74, 6) is 0.946. The molecule has 2 aromatic rings. The van der Waals surface area contributed by atoms with Gasteiger partial charge in [0.15, 0.2) is 0 Å². The fraction of sp³-hybridized carbons (Fsp3) is 0.500. The molecule has 0 fully saturated rings. The molecule has 0 saturated carbocycles. The lowest BCUT2D eigenvalue weighted by molar-refractivity contribution is 0.176. The predicted molar refractivity (Wildman–Crippen MR) is 80.0 cm³/mol. The van der Waals surface area contributed by atoms with E-state index in [1.165, 1.54) is 10.9 Å². The second-order valence-corrected chi connectivity index (χ2v) is 5.74. The van der Waals surface area contributed by atoms with Crippen LogP contribution in [0.5, 0.6) is 0 Å². The normalized spacial score (nSPS) is 15.3. The number of nitrogens with two attached hydrogens (primary N) is 1. The van der Waals surface area contributed by atoms with E-state index in [-0.39, 0.29) is 6.04 Å². The number of benzene rings is 1. The van der Waals surface area contributed by atoms with Gasteiger partial charge < -0.3 is 15.1 Å². The highest BCUT2D eigenvalue weighted by atomic mass is 16.3. The molecule has 0 bridgehead atoms. The van der Waals surface area contributed by atoms with Gasteiger partial charge in [0.05, 0.1) is 6.26 Å². The van der Waals surface area contributed by atoms with Crippen molar-refractivity contribution in [1.29, 1.82) is 0 Å².